The normalized spacial score (nSPS) is 13.3. The standard InChI is InChI=1S/C108H102BN3O/c1-103(2,3)74-47-52-91-87(60-74)88-61-75(104(4,5)6)48-53-92(88)110(91)80-49-51-90-94(66-80)112(102-85(69-38-27-21-28-39-69)64-79(108(16,17)18)65-86(102)70-40-29-22-30-41-70)96-58-73(81-43-33-45-98-99(81)82-42-31-32-44-97(82)113-98)57-95-100(96)109(90)89-50-46-71(72-54-76(105(7,8)9)59-77(55-72)106(10,11)12)56-93(89)111(95)101-83(67-34-23-19-24-35-67)62-78(107(13,14)15)63-84(101)68-36-25-20-26-37-68/h19-66H,1-18H3. The van der Waals surface area contributed by atoms with E-state index in [0.717, 1.165) is 123 Å². The van der Waals surface area contributed by atoms with E-state index in [0.29, 0.717) is 0 Å². The Morgan fingerprint density at radius 2 is 0.628 bits per heavy atom. The maximum atomic E-state index is 6.97. The summed E-state index contributed by atoms with van der Waals surface area (Å²) in [4.78, 5) is 5.49. The third kappa shape index (κ3) is 12.6. The molecule has 0 unspecified atom stereocenters. The van der Waals surface area contributed by atoms with Gasteiger partial charge >= 0.3 is 0 Å². The van der Waals surface area contributed by atoms with Crippen LogP contribution in [0.1, 0.15) is 158 Å². The van der Waals surface area contributed by atoms with E-state index in [1.807, 2.05) is 0 Å². The summed E-state index contributed by atoms with van der Waals surface area (Å²) in [5.74, 6) is 0. The van der Waals surface area contributed by atoms with Gasteiger partial charge in [0.25, 0.3) is 6.71 Å². The Hall–Kier alpha value is -11.7. The minimum absolute atomic E-state index is 0.0755. The Kier molecular flexibility index (Phi) is 17.1. The molecule has 5 heteroatoms. The largest absolute Gasteiger partial charge is 0.456 e. The summed E-state index contributed by atoms with van der Waals surface area (Å²) in [5.41, 5.74) is 36.1. The zero-order valence-corrected chi connectivity index (χ0v) is 69.0. The fourth-order valence-electron chi connectivity index (χ4n) is 17.8. The Morgan fingerprint density at radius 1 is 0.248 bits per heavy atom. The second-order valence-corrected chi connectivity index (χ2v) is 38.2. The van der Waals surface area contributed by atoms with E-state index >= 15 is 0 Å². The monoisotopic (exact) mass is 1470 g/mol. The summed E-state index contributed by atoms with van der Waals surface area (Å²) in [6.07, 6.45) is 0. The van der Waals surface area contributed by atoms with Crippen molar-refractivity contribution in [2.45, 2.75) is 157 Å². The second kappa shape index (κ2) is 26.5. The zero-order valence-electron chi connectivity index (χ0n) is 69.0. The number of rotatable bonds is 9. The molecule has 0 radical (unpaired) electrons. The lowest BCUT2D eigenvalue weighted by molar-refractivity contribution is 0.569. The van der Waals surface area contributed by atoms with Crippen LogP contribution in [-0.2, 0) is 32.5 Å². The van der Waals surface area contributed by atoms with E-state index < -0.39 is 0 Å². The predicted octanol–water partition coefficient (Wildman–Crippen LogP) is 28.6. The molecule has 0 fully saturated rings. The molecule has 0 amide bonds. The van der Waals surface area contributed by atoms with E-state index in [9.17, 15) is 0 Å². The van der Waals surface area contributed by atoms with Gasteiger partial charge in [0.05, 0.1) is 22.4 Å². The molecule has 2 aliphatic heterocycles. The van der Waals surface area contributed by atoms with Crippen molar-refractivity contribution in [3.8, 4) is 72.4 Å². The van der Waals surface area contributed by atoms with Gasteiger partial charge in [-0.25, -0.2) is 0 Å². The van der Waals surface area contributed by atoms with Crippen LogP contribution in [0.5, 0.6) is 0 Å². The van der Waals surface area contributed by atoms with Gasteiger partial charge in [-0.2, -0.15) is 0 Å². The maximum Gasteiger partial charge on any atom is 0.252 e. The molecule has 14 aromatic carbocycles. The van der Waals surface area contributed by atoms with E-state index in [4.69, 9.17) is 4.42 Å². The van der Waals surface area contributed by atoms with Crippen molar-refractivity contribution in [2.75, 3.05) is 9.80 Å². The van der Waals surface area contributed by atoms with E-state index in [1.165, 1.54) is 77.1 Å². The first-order valence-corrected chi connectivity index (χ1v) is 40.6. The molecule has 0 bridgehead atoms. The quantitative estimate of drug-likeness (QED) is 0.135. The number of anilines is 6. The van der Waals surface area contributed by atoms with Crippen LogP contribution in [-0.4, -0.2) is 11.3 Å². The molecule has 4 nitrogen and oxygen atoms in total. The molecule has 0 saturated carbocycles. The number of fused-ring (bicyclic) bond motifs is 10. The van der Waals surface area contributed by atoms with Crippen LogP contribution in [0.3, 0.4) is 0 Å². The van der Waals surface area contributed by atoms with Crippen molar-refractivity contribution in [1.82, 2.24) is 4.57 Å². The Balaban J connectivity index is 1.06. The Morgan fingerprint density at radius 3 is 1.06 bits per heavy atom. The molecule has 4 heterocycles. The first-order valence-electron chi connectivity index (χ1n) is 40.6. The van der Waals surface area contributed by atoms with Gasteiger partial charge in [0.2, 0.25) is 0 Å². The summed E-state index contributed by atoms with van der Waals surface area (Å²) in [6.45, 7) is 42.1. The number of aromatic nitrogens is 1. The molecular formula is C108H102BN3O. The number of furan rings is 1. The van der Waals surface area contributed by atoms with E-state index in [2.05, 4.69) is 430 Å². The van der Waals surface area contributed by atoms with Crippen molar-refractivity contribution in [2.24, 2.45) is 0 Å². The lowest BCUT2D eigenvalue weighted by atomic mass is 9.33. The van der Waals surface area contributed by atoms with Gasteiger partial charge in [0.15, 0.2) is 0 Å². The molecule has 113 heavy (non-hydrogen) atoms. The summed E-state index contributed by atoms with van der Waals surface area (Å²) < 4.78 is 9.54. The van der Waals surface area contributed by atoms with Gasteiger partial charge in [-0.1, -0.05) is 325 Å². The van der Waals surface area contributed by atoms with Crippen LogP contribution in [0, 0.1) is 0 Å². The zero-order chi connectivity index (χ0) is 78.7. The van der Waals surface area contributed by atoms with Crippen LogP contribution in [0.15, 0.2) is 296 Å². The smallest absolute Gasteiger partial charge is 0.252 e. The molecule has 0 N–H and O–H groups in total. The molecule has 16 aromatic rings. The summed E-state index contributed by atoms with van der Waals surface area (Å²) >= 11 is 0. The van der Waals surface area contributed by atoms with Crippen LogP contribution >= 0.6 is 0 Å². The third-order valence-corrected chi connectivity index (χ3v) is 24.3. The van der Waals surface area contributed by atoms with Crippen LogP contribution in [0.2, 0.25) is 0 Å². The lowest BCUT2D eigenvalue weighted by Crippen LogP contribution is -2.61. The van der Waals surface area contributed by atoms with E-state index in [-0.39, 0.29) is 39.2 Å². The number of hydrogen-bond acceptors (Lipinski definition) is 3. The highest BCUT2D eigenvalue weighted by Crippen LogP contribution is 2.57. The highest BCUT2D eigenvalue weighted by molar-refractivity contribution is 7.00. The highest BCUT2D eigenvalue weighted by atomic mass is 16.3. The SMILES string of the molecule is CC(C)(C)c1cc(-c2ccc3c(c2)N(c2c(-c4ccccc4)cc(C(C)(C)C)cc2-c2ccccc2)c2cc(-c4cccc5oc6ccccc6c45)cc4c2B3c2ccc(-n3c5ccc(C(C)(C)C)cc5c5cc(C(C)(C)C)ccc53)cc2N4c2c(-c3ccccc3)cc(C(C)(C)C)cc2-c2ccccc2)cc(C(C)(C)C)c1. The average molecular weight is 1470 g/mol. The van der Waals surface area contributed by atoms with Gasteiger partial charge in [0, 0.05) is 72.2 Å². The van der Waals surface area contributed by atoms with Gasteiger partial charge in [-0.3, -0.25) is 0 Å². The molecule has 2 aliphatic rings. The number of benzene rings is 14. The predicted molar refractivity (Wildman–Crippen MR) is 487 cm³/mol. The minimum Gasteiger partial charge on any atom is -0.456 e. The molecule has 0 saturated heterocycles. The van der Waals surface area contributed by atoms with Crippen LogP contribution in [0.4, 0.5) is 34.1 Å². The second-order valence-electron chi connectivity index (χ2n) is 38.2. The third-order valence-electron chi connectivity index (χ3n) is 24.3. The number of hydrogen-bond donors (Lipinski definition) is 0. The molecule has 2 aromatic heterocycles. The first kappa shape index (κ1) is 72.9. The van der Waals surface area contributed by atoms with Gasteiger partial charge in [-0.15, -0.1) is 0 Å². The molecule has 558 valence electrons. The number of nitrogens with zero attached hydrogens (tertiary/aromatic N) is 3. The van der Waals surface area contributed by atoms with Gasteiger partial charge in [0.1, 0.15) is 11.2 Å². The lowest BCUT2D eigenvalue weighted by Gasteiger charge is -2.46. The fraction of sp³-hybridized carbons (Fsp3) is 0.222. The highest BCUT2D eigenvalue weighted by Gasteiger charge is 2.47. The van der Waals surface area contributed by atoms with Crippen molar-refractivity contribution in [3.63, 3.8) is 0 Å². The summed E-state index contributed by atoms with van der Waals surface area (Å²) in [6, 6.07) is 112. The van der Waals surface area contributed by atoms with Crippen molar-refractivity contribution in [3.05, 3.63) is 325 Å². The molecule has 18 rings (SSSR count). The van der Waals surface area contributed by atoms with Crippen molar-refractivity contribution in [1.29, 1.82) is 0 Å². The number of para-hydroxylation sites is 1. The molecule has 0 atom stereocenters. The molecular weight excluding hydrogens is 1370 g/mol. The first-order chi connectivity index (χ1) is 53.8. The van der Waals surface area contributed by atoms with Gasteiger partial charge in [-0.05, 0) is 218 Å². The van der Waals surface area contributed by atoms with Crippen molar-refractivity contribution < 1.29 is 4.42 Å². The summed E-state index contributed by atoms with van der Waals surface area (Å²) in [5, 5.41) is 4.67. The van der Waals surface area contributed by atoms with E-state index in [1.54, 1.807) is 0 Å². The van der Waals surface area contributed by atoms with Crippen molar-refractivity contribution >= 4 is 101 Å². The van der Waals surface area contributed by atoms with Crippen LogP contribution < -0.4 is 26.2 Å². The Labute approximate surface area is 669 Å². The molecule has 0 aliphatic carbocycles. The Bertz CT molecular complexity index is 6250. The van der Waals surface area contributed by atoms with Gasteiger partial charge < -0.3 is 18.8 Å². The topological polar surface area (TPSA) is 24.6 Å². The minimum atomic E-state index is -0.295. The van der Waals surface area contributed by atoms with Crippen LogP contribution in [0.25, 0.3) is 116 Å². The average Bonchev–Trinajstić information content (AvgIpc) is 1.68. The summed E-state index contributed by atoms with van der Waals surface area (Å²) in [7, 11) is 0. The molecule has 0 spiro atoms. The maximum absolute atomic E-state index is 6.97. The fourth-order valence-corrected chi connectivity index (χ4v) is 17.8.